The van der Waals surface area contributed by atoms with Crippen LogP contribution in [-0.2, 0) is 13.0 Å². The van der Waals surface area contributed by atoms with E-state index < -0.39 is 0 Å². The van der Waals surface area contributed by atoms with Crippen LogP contribution in [0.5, 0.6) is 0 Å². The third-order valence-corrected chi connectivity index (χ3v) is 3.79. The third-order valence-electron chi connectivity index (χ3n) is 3.79. The predicted molar refractivity (Wildman–Crippen MR) is 84.0 cm³/mol. The molecule has 0 saturated heterocycles. The lowest BCUT2D eigenvalue weighted by Gasteiger charge is -2.17. The van der Waals surface area contributed by atoms with Crippen LogP contribution in [0.15, 0.2) is 73.6 Å². The molecule has 0 fully saturated rings. The predicted octanol–water partition coefficient (Wildman–Crippen LogP) is 3.69. The number of hydrogen-bond acceptors (Lipinski definition) is 2. The first-order valence-electron chi connectivity index (χ1n) is 7.31. The van der Waals surface area contributed by atoms with Gasteiger partial charge in [0, 0.05) is 43.7 Å². The molecule has 106 valence electrons. The highest BCUT2D eigenvalue weighted by molar-refractivity contribution is 5.20. The highest BCUT2D eigenvalue weighted by Gasteiger charge is 2.12. The fourth-order valence-electron chi connectivity index (χ4n) is 2.63. The van der Waals surface area contributed by atoms with Gasteiger partial charge < -0.3 is 4.57 Å². The molecular weight excluding hydrogens is 258 g/mol. The van der Waals surface area contributed by atoms with Gasteiger partial charge in [-0.3, -0.25) is 9.97 Å². The smallest absolute Gasteiger partial charge is 0.0302 e. The minimum absolute atomic E-state index is 0.475. The summed E-state index contributed by atoms with van der Waals surface area (Å²) in [5.74, 6) is 0.475. The molecule has 0 radical (unpaired) electrons. The van der Waals surface area contributed by atoms with Crippen LogP contribution in [0, 0.1) is 0 Å². The van der Waals surface area contributed by atoms with E-state index >= 15 is 0 Å². The first-order chi connectivity index (χ1) is 10.4. The van der Waals surface area contributed by atoms with E-state index in [0.29, 0.717) is 5.92 Å². The Bertz CT molecular complexity index is 633. The summed E-state index contributed by atoms with van der Waals surface area (Å²) in [5.41, 5.74) is 2.63. The molecule has 0 bridgehead atoms. The molecule has 1 unspecified atom stereocenters. The van der Waals surface area contributed by atoms with E-state index in [-0.39, 0.29) is 0 Å². The Kier molecular flexibility index (Phi) is 4.42. The van der Waals surface area contributed by atoms with E-state index in [9.17, 15) is 0 Å². The van der Waals surface area contributed by atoms with E-state index in [4.69, 9.17) is 0 Å². The van der Waals surface area contributed by atoms with Crippen molar-refractivity contribution in [3.8, 4) is 0 Å². The molecule has 0 saturated carbocycles. The lowest BCUT2D eigenvalue weighted by atomic mass is 9.90. The second kappa shape index (κ2) is 6.84. The molecule has 3 heterocycles. The maximum Gasteiger partial charge on any atom is 0.0302 e. The summed E-state index contributed by atoms with van der Waals surface area (Å²) in [4.78, 5) is 8.37. The van der Waals surface area contributed by atoms with Gasteiger partial charge in [-0.05, 0) is 60.2 Å². The maximum atomic E-state index is 4.27. The average Bonchev–Trinajstić information content (AvgIpc) is 3.07. The third kappa shape index (κ3) is 3.78. The van der Waals surface area contributed by atoms with Crippen molar-refractivity contribution in [2.45, 2.75) is 25.3 Å². The second-order valence-corrected chi connectivity index (χ2v) is 5.25. The summed E-state index contributed by atoms with van der Waals surface area (Å²) in [6.07, 6.45) is 13.9. The Hall–Kier alpha value is -2.42. The Morgan fingerprint density at radius 3 is 2.43 bits per heavy atom. The van der Waals surface area contributed by atoms with Crippen molar-refractivity contribution < 1.29 is 0 Å². The summed E-state index contributed by atoms with van der Waals surface area (Å²) >= 11 is 0. The fraction of sp³-hybridized carbons (Fsp3) is 0.222. The van der Waals surface area contributed by atoms with E-state index in [1.807, 2.05) is 30.9 Å². The van der Waals surface area contributed by atoms with Crippen LogP contribution >= 0.6 is 0 Å². The molecule has 0 spiro atoms. The van der Waals surface area contributed by atoms with Crippen molar-refractivity contribution in [1.29, 1.82) is 0 Å². The van der Waals surface area contributed by atoms with Crippen LogP contribution in [0.4, 0.5) is 0 Å². The van der Waals surface area contributed by atoms with Crippen molar-refractivity contribution in [2.75, 3.05) is 0 Å². The number of aryl methyl sites for hydroxylation is 1. The largest absolute Gasteiger partial charge is 0.354 e. The summed E-state index contributed by atoms with van der Waals surface area (Å²) < 4.78 is 2.23. The number of nitrogens with zero attached hydrogens (tertiary/aromatic N) is 3. The highest BCUT2D eigenvalue weighted by Crippen LogP contribution is 2.24. The molecule has 0 aliphatic carbocycles. The molecule has 0 aromatic carbocycles. The molecule has 0 aliphatic heterocycles. The van der Waals surface area contributed by atoms with E-state index in [2.05, 4.69) is 57.3 Å². The Morgan fingerprint density at radius 2 is 1.71 bits per heavy atom. The molecule has 0 aliphatic rings. The molecule has 0 N–H and O–H groups in total. The van der Waals surface area contributed by atoms with Crippen LogP contribution in [0.2, 0.25) is 0 Å². The van der Waals surface area contributed by atoms with Gasteiger partial charge in [0.15, 0.2) is 0 Å². The fourth-order valence-corrected chi connectivity index (χ4v) is 2.63. The van der Waals surface area contributed by atoms with Crippen molar-refractivity contribution >= 4 is 0 Å². The normalized spacial score (nSPS) is 12.2. The van der Waals surface area contributed by atoms with E-state index in [1.54, 1.807) is 0 Å². The van der Waals surface area contributed by atoms with Crippen LogP contribution in [-0.4, -0.2) is 14.5 Å². The van der Waals surface area contributed by atoms with Crippen molar-refractivity contribution in [1.82, 2.24) is 14.5 Å². The van der Waals surface area contributed by atoms with Gasteiger partial charge in [-0.15, -0.1) is 0 Å². The summed E-state index contributed by atoms with van der Waals surface area (Å²) in [6.45, 7) is 1.03. The molecule has 3 aromatic heterocycles. The first kappa shape index (κ1) is 13.6. The minimum Gasteiger partial charge on any atom is -0.354 e. The summed E-state index contributed by atoms with van der Waals surface area (Å²) in [5, 5.41) is 0. The molecule has 3 nitrogen and oxygen atoms in total. The number of aromatic nitrogens is 3. The van der Waals surface area contributed by atoms with Gasteiger partial charge in [0.05, 0.1) is 0 Å². The van der Waals surface area contributed by atoms with Gasteiger partial charge in [-0.1, -0.05) is 6.07 Å². The number of hydrogen-bond donors (Lipinski definition) is 0. The summed E-state index contributed by atoms with van der Waals surface area (Å²) in [6, 6.07) is 12.5. The van der Waals surface area contributed by atoms with Gasteiger partial charge in [0.25, 0.3) is 0 Å². The van der Waals surface area contributed by atoms with Crippen molar-refractivity contribution in [3.05, 3.63) is 84.7 Å². The molecule has 3 aromatic rings. The number of pyridine rings is 2. The Balaban J connectivity index is 1.74. The standard InChI is InChI=1S/C18H19N3/c1-2-12-21(11-1)13-7-17(18-4-3-8-20-15-18)14-16-5-9-19-10-6-16/h1-6,8-12,15,17H,7,13-14H2. The Morgan fingerprint density at radius 1 is 0.905 bits per heavy atom. The first-order valence-corrected chi connectivity index (χ1v) is 7.31. The van der Waals surface area contributed by atoms with Crippen LogP contribution < -0.4 is 0 Å². The zero-order valence-electron chi connectivity index (χ0n) is 12.0. The Labute approximate surface area is 125 Å². The molecule has 3 heteroatoms. The molecular formula is C18H19N3. The topological polar surface area (TPSA) is 30.7 Å². The molecule has 3 rings (SSSR count). The summed E-state index contributed by atoms with van der Waals surface area (Å²) in [7, 11) is 0. The van der Waals surface area contributed by atoms with Crippen LogP contribution in [0.25, 0.3) is 0 Å². The average molecular weight is 277 g/mol. The number of rotatable bonds is 6. The lowest BCUT2D eigenvalue weighted by Crippen LogP contribution is -2.07. The molecule has 0 amide bonds. The SMILES string of the molecule is c1cncc(C(CCn2cccc2)Cc2ccncc2)c1. The van der Waals surface area contributed by atoms with Gasteiger partial charge in [0.2, 0.25) is 0 Å². The van der Waals surface area contributed by atoms with Gasteiger partial charge >= 0.3 is 0 Å². The van der Waals surface area contributed by atoms with Crippen LogP contribution in [0.1, 0.15) is 23.5 Å². The van der Waals surface area contributed by atoms with Crippen molar-refractivity contribution in [2.24, 2.45) is 0 Å². The molecule has 1 atom stereocenters. The van der Waals surface area contributed by atoms with Crippen LogP contribution in [0.3, 0.4) is 0 Å². The van der Waals surface area contributed by atoms with Gasteiger partial charge in [-0.25, -0.2) is 0 Å². The van der Waals surface area contributed by atoms with E-state index in [1.165, 1.54) is 11.1 Å². The second-order valence-electron chi connectivity index (χ2n) is 5.25. The maximum absolute atomic E-state index is 4.27. The zero-order valence-corrected chi connectivity index (χ0v) is 12.0. The van der Waals surface area contributed by atoms with Crippen molar-refractivity contribution in [3.63, 3.8) is 0 Å². The monoisotopic (exact) mass is 277 g/mol. The zero-order chi connectivity index (χ0) is 14.3. The molecule has 21 heavy (non-hydrogen) atoms. The quantitative estimate of drug-likeness (QED) is 0.688. The van der Waals surface area contributed by atoms with Gasteiger partial charge in [-0.2, -0.15) is 0 Å². The minimum atomic E-state index is 0.475. The van der Waals surface area contributed by atoms with E-state index in [0.717, 1.165) is 19.4 Å². The lowest BCUT2D eigenvalue weighted by molar-refractivity contribution is 0.544. The van der Waals surface area contributed by atoms with Gasteiger partial charge in [0.1, 0.15) is 0 Å². The highest BCUT2D eigenvalue weighted by atomic mass is 14.9.